The first-order valence-electron chi connectivity index (χ1n) is 6.27. The molecule has 2 unspecified atom stereocenters. The van der Waals surface area contributed by atoms with Gasteiger partial charge in [-0.3, -0.25) is 4.79 Å². The number of benzene rings is 1. The van der Waals surface area contributed by atoms with Gasteiger partial charge in [-0.1, -0.05) is 11.8 Å². The molecule has 0 bridgehead atoms. The van der Waals surface area contributed by atoms with Gasteiger partial charge in [-0.2, -0.15) is 0 Å². The molecule has 0 fully saturated rings. The Labute approximate surface area is 126 Å². The van der Waals surface area contributed by atoms with E-state index >= 15 is 0 Å². The van der Waals surface area contributed by atoms with Gasteiger partial charge in [0, 0.05) is 12.7 Å². The van der Waals surface area contributed by atoms with Crippen LogP contribution >= 0.6 is 11.8 Å². The number of ether oxygens (including phenoxy) is 1. The Morgan fingerprint density at radius 2 is 1.95 bits per heavy atom. The fourth-order valence-corrected chi connectivity index (χ4v) is 2.38. The monoisotopic (exact) mass is 314 g/mol. The van der Waals surface area contributed by atoms with Crippen LogP contribution in [0.5, 0.6) is 5.75 Å². The SMILES string of the molecule is COc1cc(C(=O)O)cc(C(O)C(O)CCSC(C)=O)c1. The number of methoxy groups -OCH3 is 1. The largest absolute Gasteiger partial charge is 0.497 e. The van der Waals surface area contributed by atoms with Gasteiger partial charge in [-0.15, -0.1) is 0 Å². The molecule has 0 spiro atoms. The van der Waals surface area contributed by atoms with E-state index in [1.165, 1.54) is 32.2 Å². The molecule has 0 amide bonds. The lowest BCUT2D eigenvalue weighted by atomic mass is 10.00. The van der Waals surface area contributed by atoms with Gasteiger partial charge < -0.3 is 20.1 Å². The van der Waals surface area contributed by atoms with E-state index in [4.69, 9.17) is 9.84 Å². The molecule has 0 aliphatic heterocycles. The highest BCUT2D eigenvalue weighted by atomic mass is 32.2. The first-order chi connectivity index (χ1) is 9.85. The lowest BCUT2D eigenvalue weighted by molar-refractivity contribution is -0.109. The van der Waals surface area contributed by atoms with Gasteiger partial charge in [-0.05, 0) is 30.2 Å². The summed E-state index contributed by atoms with van der Waals surface area (Å²) in [6.07, 6.45) is -2.12. The quantitative estimate of drug-likeness (QED) is 0.700. The number of carboxylic acid groups (broad SMARTS) is 1. The fourth-order valence-electron chi connectivity index (χ4n) is 1.74. The number of aliphatic hydroxyl groups excluding tert-OH is 2. The molecule has 0 aliphatic rings. The minimum atomic E-state index is -1.24. The lowest BCUT2D eigenvalue weighted by Crippen LogP contribution is -2.19. The van der Waals surface area contributed by atoms with Gasteiger partial charge in [0.2, 0.25) is 0 Å². The molecule has 2 atom stereocenters. The second kappa shape index (κ2) is 8.02. The molecule has 0 heterocycles. The zero-order valence-corrected chi connectivity index (χ0v) is 12.6. The molecular formula is C14H18O6S. The summed E-state index contributed by atoms with van der Waals surface area (Å²) in [6.45, 7) is 1.43. The minimum Gasteiger partial charge on any atom is -0.497 e. The van der Waals surface area contributed by atoms with Gasteiger partial charge >= 0.3 is 5.97 Å². The summed E-state index contributed by atoms with van der Waals surface area (Å²) in [4.78, 5) is 21.8. The molecule has 1 rings (SSSR count). The summed E-state index contributed by atoms with van der Waals surface area (Å²) in [7, 11) is 1.39. The van der Waals surface area contributed by atoms with E-state index in [2.05, 4.69) is 0 Å². The maximum absolute atomic E-state index is 11.0. The van der Waals surface area contributed by atoms with Crippen molar-refractivity contribution in [2.75, 3.05) is 12.9 Å². The Balaban J connectivity index is 2.84. The summed E-state index contributed by atoms with van der Waals surface area (Å²) in [5, 5.41) is 28.9. The van der Waals surface area contributed by atoms with Gasteiger partial charge in [0.15, 0.2) is 5.12 Å². The van der Waals surface area contributed by atoms with Crippen LogP contribution in [0.2, 0.25) is 0 Å². The van der Waals surface area contributed by atoms with Gasteiger partial charge in [-0.25, -0.2) is 4.79 Å². The van der Waals surface area contributed by atoms with Crippen molar-refractivity contribution in [1.82, 2.24) is 0 Å². The Kier molecular flexibility index (Phi) is 6.67. The van der Waals surface area contributed by atoms with Crippen molar-refractivity contribution in [2.45, 2.75) is 25.6 Å². The van der Waals surface area contributed by atoms with Gasteiger partial charge in [0.05, 0.1) is 18.8 Å². The zero-order chi connectivity index (χ0) is 16.0. The van der Waals surface area contributed by atoms with E-state index in [-0.39, 0.29) is 28.4 Å². The molecule has 0 saturated carbocycles. The number of carbonyl (C=O) groups is 2. The number of thioether (sulfide) groups is 1. The highest BCUT2D eigenvalue weighted by Gasteiger charge is 2.21. The molecule has 0 radical (unpaired) electrons. The number of aromatic carboxylic acids is 1. The number of carboxylic acids is 1. The highest BCUT2D eigenvalue weighted by Crippen LogP contribution is 2.26. The topological polar surface area (TPSA) is 104 Å². The van der Waals surface area contributed by atoms with Crippen LogP contribution in [0.4, 0.5) is 0 Å². The van der Waals surface area contributed by atoms with Crippen LogP contribution in [0.3, 0.4) is 0 Å². The molecule has 0 aromatic heterocycles. The van der Waals surface area contributed by atoms with Crippen molar-refractivity contribution in [3.63, 3.8) is 0 Å². The van der Waals surface area contributed by atoms with Crippen molar-refractivity contribution in [1.29, 1.82) is 0 Å². The average Bonchev–Trinajstić information content (AvgIpc) is 2.45. The Bertz CT molecular complexity index is 516. The highest BCUT2D eigenvalue weighted by molar-refractivity contribution is 8.13. The average molecular weight is 314 g/mol. The molecule has 21 heavy (non-hydrogen) atoms. The number of aliphatic hydroxyl groups is 2. The summed E-state index contributed by atoms with van der Waals surface area (Å²) in [5.41, 5.74) is 0.223. The van der Waals surface area contributed by atoms with E-state index in [9.17, 15) is 19.8 Å². The molecule has 0 saturated heterocycles. The van der Waals surface area contributed by atoms with Crippen LogP contribution in [-0.4, -0.2) is 45.4 Å². The van der Waals surface area contributed by atoms with Crippen molar-refractivity contribution < 1.29 is 29.6 Å². The molecule has 3 N–H and O–H groups in total. The molecule has 6 nitrogen and oxygen atoms in total. The Morgan fingerprint density at radius 1 is 1.29 bits per heavy atom. The zero-order valence-electron chi connectivity index (χ0n) is 11.8. The van der Waals surface area contributed by atoms with Crippen LogP contribution in [0.25, 0.3) is 0 Å². The van der Waals surface area contributed by atoms with E-state index < -0.39 is 18.2 Å². The summed E-state index contributed by atoms with van der Waals surface area (Å²) >= 11 is 1.06. The first kappa shape index (κ1) is 17.5. The lowest BCUT2D eigenvalue weighted by Gasteiger charge is -2.19. The van der Waals surface area contributed by atoms with Crippen LogP contribution in [0.15, 0.2) is 18.2 Å². The minimum absolute atomic E-state index is 0.0336. The van der Waals surface area contributed by atoms with E-state index in [0.29, 0.717) is 5.75 Å². The molecular weight excluding hydrogens is 296 g/mol. The molecule has 7 heteroatoms. The van der Waals surface area contributed by atoms with Gasteiger partial charge in [0.25, 0.3) is 0 Å². The maximum Gasteiger partial charge on any atom is 0.335 e. The molecule has 0 aliphatic carbocycles. The predicted molar refractivity (Wildman–Crippen MR) is 78.7 cm³/mol. The third-order valence-electron chi connectivity index (χ3n) is 2.84. The second-order valence-corrected chi connectivity index (χ2v) is 5.71. The van der Waals surface area contributed by atoms with Crippen LogP contribution in [0.1, 0.15) is 35.4 Å². The number of carbonyl (C=O) groups excluding carboxylic acids is 1. The third-order valence-corrected chi connectivity index (χ3v) is 3.68. The summed E-state index contributed by atoms with van der Waals surface area (Å²) in [6, 6.07) is 4.09. The van der Waals surface area contributed by atoms with E-state index in [1.807, 2.05) is 0 Å². The number of hydrogen-bond donors (Lipinski definition) is 3. The normalized spacial score (nSPS) is 13.5. The van der Waals surface area contributed by atoms with Crippen LogP contribution in [0, 0.1) is 0 Å². The Hall–Kier alpha value is -1.57. The maximum atomic E-state index is 11.0. The molecule has 1 aromatic rings. The van der Waals surface area contributed by atoms with E-state index in [0.717, 1.165) is 11.8 Å². The Morgan fingerprint density at radius 3 is 2.48 bits per heavy atom. The molecule has 1 aromatic carbocycles. The fraction of sp³-hybridized carbons (Fsp3) is 0.429. The van der Waals surface area contributed by atoms with Crippen LogP contribution < -0.4 is 4.74 Å². The first-order valence-corrected chi connectivity index (χ1v) is 7.25. The van der Waals surface area contributed by atoms with Gasteiger partial charge in [0.1, 0.15) is 11.9 Å². The molecule has 116 valence electrons. The van der Waals surface area contributed by atoms with Crippen LogP contribution in [-0.2, 0) is 4.79 Å². The summed E-state index contributed by atoms with van der Waals surface area (Å²) in [5.74, 6) is -0.484. The van der Waals surface area contributed by atoms with Crippen molar-refractivity contribution in [2.24, 2.45) is 0 Å². The second-order valence-electron chi connectivity index (χ2n) is 4.44. The van der Waals surface area contributed by atoms with E-state index in [1.54, 1.807) is 0 Å². The van der Waals surface area contributed by atoms with Crippen molar-refractivity contribution in [3.05, 3.63) is 29.3 Å². The van der Waals surface area contributed by atoms with Crippen molar-refractivity contribution in [3.8, 4) is 5.75 Å². The number of rotatable bonds is 7. The predicted octanol–water partition coefficient (Wildman–Crippen LogP) is 1.46. The smallest absolute Gasteiger partial charge is 0.335 e. The van der Waals surface area contributed by atoms with Crippen molar-refractivity contribution >= 4 is 22.8 Å². The number of hydrogen-bond acceptors (Lipinski definition) is 6. The third kappa shape index (κ3) is 5.37. The standard InChI is InChI=1S/C14H18O6S/c1-8(15)21-4-3-12(16)13(17)9-5-10(14(18)19)7-11(6-9)20-2/h5-7,12-13,16-17H,3-4H2,1-2H3,(H,18,19). The summed E-state index contributed by atoms with van der Waals surface area (Å²) < 4.78 is 4.98.